The summed E-state index contributed by atoms with van der Waals surface area (Å²) in [5.41, 5.74) is 2.88. The van der Waals surface area contributed by atoms with Gasteiger partial charge in [0, 0.05) is 19.0 Å². The lowest BCUT2D eigenvalue weighted by molar-refractivity contribution is -0.137. The Balaban J connectivity index is 2.86. The van der Waals surface area contributed by atoms with Crippen molar-refractivity contribution in [2.24, 2.45) is 0 Å². The van der Waals surface area contributed by atoms with Crippen molar-refractivity contribution in [2.45, 2.75) is 26.7 Å². The first-order chi connectivity index (χ1) is 9.01. The van der Waals surface area contributed by atoms with Gasteiger partial charge in [-0.2, -0.15) is 0 Å². The van der Waals surface area contributed by atoms with Crippen molar-refractivity contribution in [3.63, 3.8) is 0 Å². The van der Waals surface area contributed by atoms with E-state index in [0.717, 1.165) is 28.3 Å². The molecule has 0 amide bonds. The molecule has 1 aromatic rings. The number of anilines is 1. The monoisotopic (exact) mass is 267 g/mol. The molecule has 0 aliphatic rings. The van der Waals surface area contributed by atoms with E-state index in [2.05, 4.69) is 5.32 Å². The molecule has 0 unspecified atom stereocenters. The first-order valence-corrected chi connectivity index (χ1v) is 6.19. The molecule has 0 fully saturated rings. The highest BCUT2D eigenvalue weighted by atomic mass is 16.5. The Kier molecular flexibility index (Phi) is 5.48. The van der Waals surface area contributed by atoms with Gasteiger partial charge in [-0.1, -0.05) is 0 Å². The average Bonchev–Trinajstić information content (AvgIpc) is 2.38. The summed E-state index contributed by atoms with van der Waals surface area (Å²) in [7, 11) is 3.25. The van der Waals surface area contributed by atoms with Crippen LogP contribution in [0.25, 0.3) is 0 Å². The van der Waals surface area contributed by atoms with E-state index in [1.807, 2.05) is 19.9 Å². The maximum absolute atomic E-state index is 10.5. The molecule has 5 heteroatoms. The van der Waals surface area contributed by atoms with Crippen LogP contribution in [0.15, 0.2) is 6.07 Å². The Morgan fingerprint density at radius 3 is 2.47 bits per heavy atom. The maximum Gasteiger partial charge on any atom is 0.303 e. The minimum Gasteiger partial charge on any atom is -0.496 e. The molecule has 0 radical (unpaired) electrons. The molecule has 0 saturated heterocycles. The van der Waals surface area contributed by atoms with Gasteiger partial charge in [0.15, 0.2) is 0 Å². The molecule has 0 heterocycles. The largest absolute Gasteiger partial charge is 0.496 e. The van der Waals surface area contributed by atoms with Gasteiger partial charge in [0.1, 0.15) is 11.5 Å². The summed E-state index contributed by atoms with van der Waals surface area (Å²) in [4.78, 5) is 10.5. The third-order valence-electron chi connectivity index (χ3n) is 3.10. The molecular formula is C14H21NO4. The molecule has 0 bridgehead atoms. The van der Waals surface area contributed by atoms with Crippen molar-refractivity contribution in [1.29, 1.82) is 0 Å². The Bertz CT molecular complexity index is 457. The van der Waals surface area contributed by atoms with Crippen molar-refractivity contribution in [3.05, 3.63) is 17.2 Å². The molecule has 106 valence electrons. The number of carboxylic acids is 1. The zero-order valence-electron chi connectivity index (χ0n) is 11.9. The zero-order chi connectivity index (χ0) is 14.4. The molecule has 5 nitrogen and oxygen atoms in total. The lowest BCUT2D eigenvalue weighted by atomic mass is 10.1. The van der Waals surface area contributed by atoms with Crippen molar-refractivity contribution in [3.8, 4) is 11.5 Å². The molecular weight excluding hydrogens is 246 g/mol. The molecule has 19 heavy (non-hydrogen) atoms. The van der Waals surface area contributed by atoms with Crippen LogP contribution in [0.5, 0.6) is 11.5 Å². The van der Waals surface area contributed by atoms with E-state index in [9.17, 15) is 4.79 Å². The Morgan fingerprint density at radius 1 is 1.26 bits per heavy atom. The van der Waals surface area contributed by atoms with Crippen molar-refractivity contribution >= 4 is 11.7 Å². The summed E-state index contributed by atoms with van der Waals surface area (Å²) in [5.74, 6) is 0.777. The van der Waals surface area contributed by atoms with Gasteiger partial charge < -0.3 is 19.9 Å². The van der Waals surface area contributed by atoms with E-state index in [1.54, 1.807) is 14.2 Å². The normalized spacial score (nSPS) is 10.1. The van der Waals surface area contributed by atoms with E-state index >= 15 is 0 Å². The zero-order valence-corrected chi connectivity index (χ0v) is 11.9. The molecule has 1 aromatic carbocycles. The SMILES string of the molecule is COc1cc(NCCCC(=O)O)c(OC)c(C)c1C. The minimum absolute atomic E-state index is 0.150. The van der Waals surface area contributed by atoms with E-state index < -0.39 is 5.97 Å². The summed E-state index contributed by atoms with van der Waals surface area (Å²) < 4.78 is 10.7. The van der Waals surface area contributed by atoms with E-state index in [4.69, 9.17) is 14.6 Å². The fraction of sp³-hybridized carbons (Fsp3) is 0.500. The molecule has 2 N–H and O–H groups in total. The van der Waals surface area contributed by atoms with Gasteiger partial charge in [-0.15, -0.1) is 0 Å². The highest BCUT2D eigenvalue weighted by Gasteiger charge is 2.13. The second-order valence-corrected chi connectivity index (χ2v) is 4.33. The van der Waals surface area contributed by atoms with Crippen LogP contribution in [0.1, 0.15) is 24.0 Å². The Morgan fingerprint density at radius 2 is 1.95 bits per heavy atom. The number of carbonyl (C=O) groups is 1. The molecule has 0 saturated carbocycles. The van der Waals surface area contributed by atoms with Crippen LogP contribution in [0, 0.1) is 13.8 Å². The van der Waals surface area contributed by atoms with Crippen molar-refractivity contribution in [2.75, 3.05) is 26.1 Å². The second kappa shape index (κ2) is 6.87. The maximum atomic E-state index is 10.5. The Hall–Kier alpha value is -1.91. The van der Waals surface area contributed by atoms with Crippen LogP contribution in [0.2, 0.25) is 0 Å². The predicted molar refractivity (Wildman–Crippen MR) is 74.4 cm³/mol. The van der Waals surface area contributed by atoms with Crippen LogP contribution in [-0.4, -0.2) is 31.8 Å². The van der Waals surface area contributed by atoms with Gasteiger partial charge in [0.05, 0.1) is 19.9 Å². The number of hydrogen-bond donors (Lipinski definition) is 2. The summed E-state index contributed by atoms with van der Waals surface area (Å²) in [6.07, 6.45) is 0.713. The van der Waals surface area contributed by atoms with E-state index in [1.165, 1.54) is 0 Å². The lowest BCUT2D eigenvalue weighted by Crippen LogP contribution is -2.07. The highest BCUT2D eigenvalue weighted by Crippen LogP contribution is 2.36. The molecule has 1 rings (SSSR count). The summed E-state index contributed by atoms with van der Waals surface area (Å²) in [5, 5.41) is 11.8. The first-order valence-electron chi connectivity index (χ1n) is 6.19. The number of benzene rings is 1. The predicted octanol–water partition coefficient (Wildman–Crippen LogP) is 2.60. The number of rotatable bonds is 7. The fourth-order valence-corrected chi connectivity index (χ4v) is 1.93. The van der Waals surface area contributed by atoms with E-state index in [-0.39, 0.29) is 6.42 Å². The van der Waals surface area contributed by atoms with Gasteiger partial charge in [-0.25, -0.2) is 0 Å². The van der Waals surface area contributed by atoms with E-state index in [0.29, 0.717) is 13.0 Å². The molecule has 0 atom stereocenters. The smallest absolute Gasteiger partial charge is 0.303 e. The fourth-order valence-electron chi connectivity index (χ4n) is 1.93. The quantitative estimate of drug-likeness (QED) is 0.743. The summed E-state index contributed by atoms with van der Waals surface area (Å²) in [6, 6.07) is 1.88. The van der Waals surface area contributed by atoms with Gasteiger partial charge in [0.25, 0.3) is 0 Å². The first kappa shape index (κ1) is 15.1. The number of hydrogen-bond acceptors (Lipinski definition) is 4. The third kappa shape index (κ3) is 3.77. The van der Waals surface area contributed by atoms with Crippen LogP contribution in [0.3, 0.4) is 0 Å². The molecule has 0 aliphatic carbocycles. The lowest BCUT2D eigenvalue weighted by Gasteiger charge is -2.17. The van der Waals surface area contributed by atoms with Crippen molar-refractivity contribution in [1.82, 2.24) is 0 Å². The van der Waals surface area contributed by atoms with Gasteiger partial charge in [-0.3, -0.25) is 4.79 Å². The van der Waals surface area contributed by atoms with Crippen LogP contribution in [-0.2, 0) is 4.79 Å². The minimum atomic E-state index is -0.786. The summed E-state index contributed by atoms with van der Waals surface area (Å²) in [6.45, 7) is 4.53. The molecule has 0 aromatic heterocycles. The molecule has 0 aliphatic heterocycles. The third-order valence-corrected chi connectivity index (χ3v) is 3.10. The van der Waals surface area contributed by atoms with Crippen LogP contribution < -0.4 is 14.8 Å². The van der Waals surface area contributed by atoms with Crippen LogP contribution in [0.4, 0.5) is 5.69 Å². The van der Waals surface area contributed by atoms with Gasteiger partial charge in [-0.05, 0) is 31.4 Å². The highest BCUT2D eigenvalue weighted by molar-refractivity contribution is 5.67. The Labute approximate surface area is 113 Å². The standard InChI is InChI=1S/C14H21NO4/c1-9-10(2)14(19-4)11(8-12(9)18-3)15-7-5-6-13(16)17/h8,15H,5-7H2,1-4H3,(H,16,17). The number of methoxy groups -OCH3 is 2. The number of aliphatic carboxylic acids is 1. The average molecular weight is 267 g/mol. The summed E-state index contributed by atoms with van der Waals surface area (Å²) >= 11 is 0. The number of ether oxygens (including phenoxy) is 2. The number of carboxylic acid groups (broad SMARTS) is 1. The number of nitrogens with one attached hydrogen (secondary N) is 1. The van der Waals surface area contributed by atoms with Gasteiger partial charge >= 0.3 is 5.97 Å². The topological polar surface area (TPSA) is 67.8 Å². The second-order valence-electron chi connectivity index (χ2n) is 4.33. The molecule has 0 spiro atoms. The van der Waals surface area contributed by atoms with Crippen molar-refractivity contribution < 1.29 is 19.4 Å². The van der Waals surface area contributed by atoms with Gasteiger partial charge in [0.2, 0.25) is 0 Å². The van der Waals surface area contributed by atoms with Crippen LogP contribution >= 0.6 is 0 Å².